The van der Waals surface area contributed by atoms with E-state index in [0.29, 0.717) is 42.3 Å². The lowest BCUT2D eigenvalue weighted by atomic mass is 9.99. The molecule has 0 saturated carbocycles. The maximum Gasteiger partial charge on any atom is 0.268 e. The Kier molecular flexibility index (Phi) is 7.02. The molecule has 0 bridgehead atoms. The van der Waals surface area contributed by atoms with E-state index in [1.54, 1.807) is 37.5 Å². The summed E-state index contributed by atoms with van der Waals surface area (Å²) < 4.78 is 21.0. The summed E-state index contributed by atoms with van der Waals surface area (Å²) in [4.78, 5) is 34.8. The molecule has 2 amide bonds. The number of hydrogen-bond donors (Lipinski definition) is 2. The van der Waals surface area contributed by atoms with Crippen LogP contribution < -0.4 is 10.6 Å². The molecule has 3 heterocycles. The van der Waals surface area contributed by atoms with Crippen molar-refractivity contribution in [1.29, 1.82) is 0 Å². The van der Waals surface area contributed by atoms with E-state index in [1.807, 2.05) is 18.4 Å². The maximum atomic E-state index is 13.6. The van der Waals surface area contributed by atoms with Crippen molar-refractivity contribution in [2.45, 2.75) is 52.4 Å². The summed E-state index contributed by atoms with van der Waals surface area (Å²) in [7, 11) is 0. The Balaban J connectivity index is 1.58. The third-order valence-corrected chi connectivity index (χ3v) is 6.03. The number of nitrogens with one attached hydrogen (secondary N) is 2. The third-order valence-electron chi connectivity index (χ3n) is 6.03. The van der Waals surface area contributed by atoms with Crippen LogP contribution in [0.5, 0.6) is 0 Å². The Morgan fingerprint density at radius 3 is 2.65 bits per heavy atom. The molecule has 2 N–H and O–H groups in total. The Labute approximate surface area is 197 Å². The molecule has 0 aliphatic carbocycles. The van der Waals surface area contributed by atoms with Crippen LogP contribution in [0.15, 0.2) is 42.7 Å². The van der Waals surface area contributed by atoms with E-state index in [4.69, 9.17) is 4.74 Å². The van der Waals surface area contributed by atoms with Gasteiger partial charge in [-0.2, -0.15) is 0 Å². The molecule has 1 unspecified atom stereocenters. The number of ether oxygens (including phenoxy) is 1. The average Bonchev–Trinajstić information content (AvgIpc) is 3.23. The molecule has 2 atom stereocenters. The van der Waals surface area contributed by atoms with Crippen LogP contribution in [-0.4, -0.2) is 33.0 Å². The first-order chi connectivity index (χ1) is 16.4. The largest absolute Gasteiger partial charge is 0.373 e. The Hall–Kier alpha value is -3.59. The van der Waals surface area contributed by atoms with E-state index in [1.165, 1.54) is 12.1 Å². The van der Waals surface area contributed by atoms with Gasteiger partial charge in [0.05, 0.1) is 36.6 Å². The number of carbonyl (C=O) groups excluding carboxylic acids is 2. The van der Waals surface area contributed by atoms with E-state index >= 15 is 0 Å². The van der Waals surface area contributed by atoms with E-state index in [9.17, 15) is 14.0 Å². The second-order valence-electron chi connectivity index (χ2n) is 8.33. The standard InChI is InChI=1S/C25H28FN5O3/c1-4-20(18-7-6-17(26)12-15(18)2)30-25(33)21-13-19(22-14-34-11-10-31(21)22)24(32)29-16(3)23-27-8-5-9-28-23/h5-9,12-13,16,20H,4,10-11,14H2,1-3H3,(H,29,32)(H,30,33)/t16?,20-/m1/s1. The zero-order valence-electron chi connectivity index (χ0n) is 19.5. The van der Waals surface area contributed by atoms with Crippen LogP contribution in [0, 0.1) is 12.7 Å². The summed E-state index contributed by atoms with van der Waals surface area (Å²) in [6, 6.07) is 7.18. The highest BCUT2D eigenvalue weighted by molar-refractivity contribution is 6.01. The van der Waals surface area contributed by atoms with Gasteiger partial charge < -0.3 is 19.9 Å². The van der Waals surface area contributed by atoms with E-state index < -0.39 is 6.04 Å². The highest BCUT2D eigenvalue weighted by atomic mass is 19.1. The van der Waals surface area contributed by atoms with Crippen LogP contribution in [0.1, 0.15) is 75.8 Å². The van der Waals surface area contributed by atoms with Gasteiger partial charge in [-0.25, -0.2) is 14.4 Å². The van der Waals surface area contributed by atoms with Crippen molar-refractivity contribution in [3.05, 3.63) is 82.4 Å². The number of aromatic nitrogens is 3. The van der Waals surface area contributed by atoms with Gasteiger partial charge in [-0.05, 0) is 55.7 Å². The van der Waals surface area contributed by atoms with Gasteiger partial charge in [0.2, 0.25) is 0 Å². The van der Waals surface area contributed by atoms with Gasteiger partial charge in [0, 0.05) is 18.9 Å². The highest BCUT2D eigenvalue weighted by Gasteiger charge is 2.28. The number of nitrogens with zero attached hydrogens (tertiary/aromatic N) is 3. The van der Waals surface area contributed by atoms with Crippen LogP contribution in [0.3, 0.4) is 0 Å². The lowest BCUT2D eigenvalue weighted by Crippen LogP contribution is -2.32. The minimum Gasteiger partial charge on any atom is -0.373 e. The van der Waals surface area contributed by atoms with E-state index in [2.05, 4.69) is 20.6 Å². The number of rotatable bonds is 7. The van der Waals surface area contributed by atoms with Crippen molar-refractivity contribution < 1.29 is 18.7 Å². The lowest BCUT2D eigenvalue weighted by molar-refractivity contribution is 0.0773. The quantitative estimate of drug-likeness (QED) is 0.555. The van der Waals surface area contributed by atoms with Crippen molar-refractivity contribution in [2.75, 3.05) is 6.61 Å². The summed E-state index contributed by atoms with van der Waals surface area (Å²) in [5.74, 6) is -0.431. The second kappa shape index (κ2) is 10.1. The molecule has 4 rings (SSSR count). The van der Waals surface area contributed by atoms with Crippen molar-refractivity contribution in [3.8, 4) is 0 Å². The molecule has 0 spiro atoms. The Morgan fingerprint density at radius 1 is 1.18 bits per heavy atom. The van der Waals surface area contributed by atoms with Gasteiger partial charge in [-0.15, -0.1) is 0 Å². The number of fused-ring (bicyclic) bond motifs is 1. The summed E-state index contributed by atoms with van der Waals surface area (Å²) >= 11 is 0. The first-order valence-corrected chi connectivity index (χ1v) is 11.3. The first-order valence-electron chi connectivity index (χ1n) is 11.3. The fraction of sp³-hybridized carbons (Fsp3) is 0.360. The SMILES string of the molecule is CC[C@@H](NC(=O)c1cc(C(=O)NC(C)c2ncccn2)c2n1CCOC2)c1ccc(F)cc1C. The molecule has 34 heavy (non-hydrogen) atoms. The second-order valence-corrected chi connectivity index (χ2v) is 8.33. The summed E-state index contributed by atoms with van der Waals surface area (Å²) in [5, 5.41) is 5.96. The normalized spacial score (nSPS) is 14.7. The molecule has 178 valence electrons. The third kappa shape index (κ3) is 4.84. The molecule has 0 fully saturated rings. The van der Waals surface area contributed by atoms with Gasteiger partial charge in [0.1, 0.15) is 17.3 Å². The molecule has 0 radical (unpaired) electrons. The van der Waals surface area contributed by atoms with Crippen LogP contribution in [-0.2, 0) is 17.9 Å². The summed E-state index contributed by atoms with van der Waals surface area (Å²) in [6.45, 7) is 6.74. The zero-order chi connectivity index (χ0) is 24.2. The smallest absolute Gasteiger partial charge is 0.268 e. The molecular formula is C25H28FN5O3. The van der Waals surface area contributed by atoms with Crippen molar-refractivity contribution >= 4 is 11.8 Å². The molecule has 3 aromatic rings. The molecule has 1 aromatic carbocycles. The van der Waals surface area contributed by atoms with Crippen molar-refractivity contribution in [1.82, 2.24) is 25.2 Å². The number of hydrogen-bond acceptors (Lipinski definition) is 5. The fourth-order valence-electron chi connectivity index (χ4n) is 4.24. The average molecular weight is 466 g/mol. The van der Waals surface area contributed by atoms with Crippen LogP contribution in [0.25, 0.3) is 0 Å². The summed E-state index contributed by atoms with van der Waals surface area (Å²) in [6.07, 6.45) is 3.87. The van der Waals surface area contributed by atoms with Gasteiger partial charge in [-0.1, -0.05) is 13.0 Å². The predicted octanol–water partition coefficient (Wildman–Crippen LogP) is 3.63. The van der Waals surface area contributed by atoms with Gasteiger partial charge in [0.15, 0.2) is 0 Å². The molecule has 9 heteroatoms. The molecule has 1 aliphatic heterocycles. The molecule has 2 aromatic heterocycles. The Morgan fingerprint density at radius 2 is 1.94 bits per heavy atom. The first kappa shape index (κ1) is 23.6. The van der Waals surface area contributed by atoms with E-state index in [0.717, 1.165) is 11.1 Å². The summed E-state index contributed by atoms with van der Waals surface area (Å²) in [5.41, 5.74) is 3.07. The molecule has 1 aliphatic rings. The van der Waals surface area contributed by atoms with Gasteiger partial charge in [0.25, 0.3) is 11.8 Å². The number of benzene rings is 1. The number of amides is 2. The highest BCUT2D eigenvalue weighted by Crippen LogP contribution is 2.25. The van der Waals surface area contributed by atoms with E-state index in [-0.39, 0.29) is 30.3 Å². The fourth-order valence-corrected chi connectivity index (χ4v) is 4.24. The number of carbonyl (C=O) groups is 2. The number of aryl methyl sites for hydroxylation is 1. The molecule has 8 nitrogen and oxygen atoms in total. The predicted molar refractivity (Wildman–Crippen MR) is 124 cm³/mol. The number of halogens is 1. The van der Waals surface area contributed by atoms with Gasteiger partial charge in [-0.3, -0.25) is 9.59 Å². The molecular weight excluding hydrogens is 437 g/mol. The Bertz CT molecular complexity index is 1190. The van der Waals surface area contributed by atoms with Crippen LogP contribution in [0.4, 0.5) is 4.39 Å². The zero-order valence-corrected chi connectivity index (χ0v) is 19.5. The van der Waals surface area contributed by atoms with Crippen molar-refractivity contribution in [3.63, 3.8) is 0 Å². The van der Waals surface area contributed by atoms with Crippen LogP contribution >= 0.6 is 0 Å². The monoisotopic (exact) mass is 465 g/mol. The van der Waals surface area contributed by atoms with Gasteiger partial charge >= 0.3 is 0 Å². The lowest BCUT2D eigenvalue weighted by Gasteiger charge is -2.22. The topological polar surface area (TPSA) is 98.1 Å². The minimum atomic E-state index is -0.406. The molecule has 0 saturated heterocycles. The van der Waals surface area contributed by atoms with Crippen LogP contribution in [0.2, 0.25) is 0 Å². The van der Waals surface area contributed by atoms with Crippen molar-refractivity contribution in [2.24, 2.45) is 0 Å². The minimum absolute atomic E-state index is 0.237. The maximum absolute atomic E-state index is 13.6.